The zero-order chi connectivity index (χ0) is 29.0. The van der Waals surface area contributed by atoms with Gasteiger partial charge in [0, 0.05) is 39.8 Å². The summed E-state index contributed by atoms with van der Waals surface area (Å²) < 4.78 is 15.4. The van der Waals surface area contributed by atoms with E-state index in [1.807, 2.05) is 20.8 Å². The van der Waals surface area contributed by atoms with Gasteiger partial charge in [0.1, 0.15) is 17.2 Å². The normalized spacial score (nSPS) is 10.1. The van der Waals surface area contributed by atoms with Crippen molar-refractivity contribution in [3.8, 4) is 34.5 Å². The summed E-state index contributed by atoms with van der Waals surface area (Å²) >= 11 is 0. The van der Waals surface area contributed by atoms with Crippen LogP contribution in [0.3, 0.4) is 0 Å². The van der Waals surface area contributed by atoms with Crippen LogP contribution in [0.25, 0.3) is 0 Å². The van der Waals surface area contributed by atoms with Gasteiger partial charge >= 0.3 is 16.8 Å². The Balaban J connectivity index is 0. The first-order chi connectivity index (χ1) is 18.9. The molecule has 3 rings (SSSR count). The van der Waals surface area contributed by atoms with E-state index in [1.54, 1.807) is 75.7 Å². The van der Waals surface area contributed by atoms with Crippen molar-refractivity contribution in [1.82, 2.24) is 0 Å². The Morgan fingerprint density at radius 1 is 0.537 bits per heavy atom. The molecular formula is C30H38CoN3O7. The Bertz CT molecular complexity index is 1080. The summed E-state index contributed by atoms with van der Waals surface area (Å²) in [5, 5.41) is 34.6. The second-order valence-corrected chi connectivity index (χ2v) is 7.48. The van der Waals surface area contributed by atoms with Crippen LogP contribution in [0.2, 0.25) is 0 Å². The number of ether oxygens (including phenoxy) is 3. The summed E-state index contributed by atoms with van der Waals surface area (Å²) in [6, 6.07) is 15.5. The molecule has 41 heavy (non-hydrogen) atoms. The summed E-state index contributed by atoms with van der Waals surface area (Å²) in [6.07, 6.45) is 4.60. The SMILES string of the molecule is CCOc1cccc(C=NC)c1[O-].CCOc1cccc(C=NC)c1[O-].CCOc1cccc(C=NC)c1[O-].O.[Co+3]. The van der Waals surface area contributed by atoms with Gasteiger partial charge in [-0.25, -0.2) is 0 Å². The minimum absolute atomic E-state index is 0. The molecule has 0 aromatic heterocycles. The van der Waals surface area contributed by atoms with Crippen molar-refractivity contribution < 1.29 is 51.8 Å². The Morgan fingerprint density at radius 3 is 0.976 bits per heavy atom. The number of rotatable bonds is 9. The molecule has 0 atom stereocenters. The van der Waals surface area contributed by atoms with E-state index in [1.165, 1.54) is 18.6 Å². The van der Waals surface area contributed by atoms with Gasteiger partial charge in [0.05, 0.1) is 19.8 Å². The average molecular weight is 612 g/mol. The summed E-state index contributed by atoms with van der Waals surface area (Å²) in [5.41, 5.74) is 1.69. The Hall–Kier alpha value is -4.06. The molecular weight excluding hydrogens is 573 g/mol. The topological polar surface area (TPSA) is 165 Å². The minimum Gasteiger partial charge on any atom is -0.870 e. The fourth-order valence-corrected chi connectivity index (χ4v) is 3.13. The molecule has 10 nitrogen and oxygen atoms in total. The molecule has 2 N–H and O–H groups in total. The van der Waals surface area contributed by atoms with Crippen molar-refractivity contribution in [3.63, 3.8) is 0 Å². The maximum atomic E-state index is 11.5. The molecule has 0 fully saturated rings. The first-order valence-electron chi connectivity index (χ1n) is 12.4. The molecule has 0 heterocycles. The van der Waals surface area contributed by atoms with Gasteiger partial charge in [-0.1, -0.05) is 53.6 Å². The largest absolute Gasteiger partial charge is 3.00 e. The van der Waals surface area contributed by atoms with Gasteiger partial charge in [0.2, 0.25) is 0 Å². The number of benzene rings is 3. The predicted octanol–water partition coefficient (Wildman–Crippen LogP) is 2.80. The smallest absolute Gasteiger partial charge is 0.870 e. The van der Waals surface area contributed by atoms with Crippen molar-refractivity contribution in [2.45, 2.75) is 20.8 Å². The third-order valence-corrected chi connectivity index (χ3v) is 4.73. The number of nitrogens with zero attached hydrogens (tertiary/aromatic N) is 3. The maximum absolute atomic E-state index is 11.5. The van der Waals surface area contributed by atoms with E-state index in [0.717, 1.165) is 0 Å². The molecule has 3 aromatic rings. The van der Waals surface area contributed by atoms with Crippen LogP contribution >= 0.6 is 0 Å². The first kappa shape index (κ1) is 39.1. The monoisotopic (exact) mass is 611 g/mol. The number of aliphatic imine (C=N–C) groups is 3. The van der Waals surface area contributed by atoms with E-state index >= 15 is 0 Å². The zero-order valence-electron chi connectivity index (χ0n) is 24.2. The van der Waals surface area contributed by atoms with Gasteiger partial charge in [0.25, 0.3) is 0 Å². The molecule has 0 bridgehead atoms. The number of para-hydroxylation sites is 3. The molecule has 224 valence electrons. The van der Waals surface area contributed by atoms with Gasteiger partial charge in [-0.15, -0.1) is 0 Å². The van der Waals surface area contributed by atoms with Crippen LogP contribution < -0.4 is 29.5 Å². The molecule has 3 aromatic carbocycles. The van der Waals surface area contributed by atoms with Gasteiger partial charge in [-0.05, 0) is 55.7 Å². The van der Waals surface area contributed by atoms with Crippen LogP contribution in [0.1, 0.15) is 37.5 Å². The number of hydrogen-bond donors (Lipinski definition) is 0. The second-order valence-electron chi connectivity index (χ2n) is 7.48. The van der Waals surface area contributed by atoms with Crippen LogP contribution in [-0.2, 0) is 16.8 Å². The van der Waals surface area contributed by atoms with E-state index in [2.05, 4.69) is 15.0 Å². The molecule has 0 aliphatic rings. The van der Waals surface area contributed by atoms with Crippen LogP contribution in [0.5, 0.6) is 34.5 Å². The third-order valence-electron chi connectivity index (χ3n) is 4.73. The predicted molar refractivity (Wildman–Crippen MR) is 155 cm³/mol. The Kier molecular flexibility index (Phi) is 21.7. The molecule has 0 unspecified atom stereocenters. The van der Waals surface area contributed by atoms with Gasteiger partial charge in [-0.3, -0.25) is 15.0 Å². The molecule has 0 aliphatic carbocycles. The average Bonchev–Trinajstić information content (AvgIpc) is 2.93. The first-order valence-corrected chi connectivity index (χ1v) is 12.4. The van der Waals surface area contributed by atoms with Crippen LogP contribution in [0.15, 0.2) is 69.6 Å². The quantitative estimate of drug-likeness (QED) is 0.338. The van der Waals surface area contributed by atoms with Crippen molar-refractivity contribution >= 4 is 18.6 Å². The standard InChI is InChI=1S/3C10H13NO2.Co.H2O/c3*1-3-13-9-6-4-5-8(7-11-2)10(9)12;;/h3*4-7,12H,3H2,1-2H3;;1H2/q;;;+3;/p-3. The minimum atomic E-state index is -0.102. The van der Waals surface area contributed by atoms with Crippen molar-refractivity contribution in [1.29, 1.82) is 0 Å². The van der Waals surface area contributed by atoms with Crippen LogP contribution in [-0.4, -0.2) is 65.1 Å². The molecule has 11 heteroatoms. The molecule has 0 spiro atoms. The van der Waals surface area contributed by atoms with Crippen molar-refractivity contribution in [2.24, 2.45) is 15.0 Å². The molecule has 0 amide bonds. The third kappa shape index (κ3) is 13.2. The summed E-state index contributed by atoms with van der Waals surface area (Å²) in [5.74, 6) is 0.861. The van der Waals surface area contributed by atoms with E-state index in [4.69, 9.17) is 14.2 Å². The molecule has 0 radical (unpaired) electrons. The Morgan fingerprint density at radius 2 is 0.780 bits per heavy atom. The van der Waals surface area contributed by atoms with Gasteiger partial charge < -0.3 is 35.0 Å². The fraction of sp³-hybridized carbons (Fsp3) is 0.300. The van der Waals surface area contributed by atoms with E-state index < -0.39 is 0 Å². The van der Waals surface area contributed by atoms with Crippen LogP contribution in [0.4, 0.5) is 0 Å². The summed E-state index contributed by atoms with van der Waals surface area (Å²) in [4.78, 5) is 11.4. The molecule has 0 saturated carbocycles. The molecule has 0 aliphatic heterocycles. The van der Waals surface area contributed by atoms with Crippen LogP contribution in [0, 0.1) is 0 Å². The second kappa shape index (κ2) is 22.7. The molecule has 0 saturated heterocycles. The Labute approximate surface area is 252 Å². The maximum Gasteiger partial charge on any atom is 3.00 e. The summed E-state index contributed by atoms with van der Waals surface area (Å²) in [7, 11) is 4.90. The van der Waals surface area contributed by atoms with E-state index in [-0.39, 0.29) is 39.5 Å². The van der Waals surface area contributed by atoms with Gasteiger partial charge in [0.15, 0.2) is 0 Å². The zero-order valence-corrected chi connectivity index (χ0v) is 25.2. The van der Waals surface area contributed by atoms with Crippen molar-refractivity contribution in [2.75, 3.05) is 41.0 Å². The van der Waals surface area contributed by atoms with E-state index in [9.17, 15) is 15.3 Å². The van der Waals surface area contributed by atoms with Gasteiger partial charge in [-0.2, -0.15) is 0 Å². The summed E-state index contributed by atoms with van der Waals surface area (Å²) in [6.45, 7) is 7.05. The fourth-order valence-electron chi connectivity index (χ4n) is 3.13. The van der Waals surface area contributed by atoms with Crippen molar-refractivity contribution in [3.05, 3.63) is 71.3 Å². The number of hydrogen-bond acceptors (Lipinski definition) is 9. The van der Waals surface area contributed by atoms with E-state index in [0.29, 0.717) is 53.8 Å².